The highest BCUT2D eigenvalue weighted by molar-refractivity contribution is 5.73. The maximum atomic E-state index is 13.9. The normalized spacial score (nSPS) is 16.1. The first-order chi connectivity index (χ1) is 14.6. The van der Waals surface area contributed by atoms with E-state index in [1.807, 2.05) is 4.90 Å². The summed E-state index contributed by atoms with van der Waals surface area (Å²) in [6.07, 6.45) is 5.21. The van der Waals surface area contributed by atoms with Crippen LogP contribution in [0.15, 0.2) is 30.7 Å². The van der Waals surface area contributed by atoms with Crippen LogP contribution >= 0.6 is 0 Å². The third-order valence-electron chi connectivity index (χ3n) is 4.85. The Labute approximate surface area is 171 Å². The van der Waals surface area contributed by atoms with Gasteiger partial charge in [0.25, 0.3) is 0 Å². The smallest absolute Gasteiger partial charge is 0.412 e. The van der Waals surface area contributed by atoms with E-state index in [4.69, 9.17) is 14.6 Å². The predicted molar refractivity (Wildman–Crippen MR) is 104 cm³/mol. The van der Waals surface area contributed by atoms with Crippen molar-refractivity contribution in [2.75, 3.05) is 31.7 Å². The van der Waals surface area contributed by atoms with Crippen LogP contribution in [0.5, 0.6) is 11.6 Å². The fourth-order valence-corrected chi connectivity index (χ4v) is 3.58. The summed E-state index contributed by atoms with van der Waals surface area (Å²) < 4.78 is 25.9. The van der Waals surface area contributed by atoms with Crippen molar-refractivity contribution in [2.45, 2.75) is 18.9 Å². The number of amides is 1. The van der Waals surface area contributed by atoms with Crippen molar-refractivity contribution in [3.63, 3.8) is 0 Å². The molecular weight excluding hydrogens is 395 g/mol. The van der Waals surface area contributed by atoms with Gasteiger partial charge in [0, 0.05) is 24.8 Å². The van der Waals surface area contributed by atoms with Crippen LogP contribution in [0.3, 0.4) is 0 Å². The SMILES string of the molecule is COc1ncc(F)cc1[C@H]1CCCN1c1ccn2ncc(OC(=O)NCCO)c2n1. The molecule has 10 nitrogen and oxygen atoms in total. The van der Waals surface area contributed by atoms with Gasteiger partial charge in [0.05, 0.1) is 32.2 Å². The summed E-state index contributed by atoms with van der Waals surface area (Å²) in [6.45, 7) is 0.603. The lowest BCUT2D eigenvalue weighted by Crippen LogP contribution is -2.29. The molecule has 1 atom stereocenters. The average molecular weight is 416 g/mol. The van der Waals surface area contributed by atoms with Crippen molar-refractivity contribution in [2.24, 2.45) is 0 Å². The maximum absolute atomic E-state index is 13.9. The molecule has 1 aliphatic heterocycles. The van der Waals surface area contributed by atoms with Gasteiger partial charge in [0.15, 0.2) is 5.75 Å². The first-order valence-corrected chi connectivity index (χ1v) is 9.47. The van der Waals surface area contributed by atoms with Gasteiger partial charge in [-0.1, -0.05) is 0 Å². The number of halogens is 1. The zero-order valence-electron chi connectivity index (χ0n) is 16.3. The van der Waals surface area contributed by atoms with Crippen LogP contribution in [0.25, 0.3) is 5.65 Å². The van der Waals surface area contributed by atoms with E-state index < -0.39 is 11.9 Å². The summed E-state index contributed by atoms with van der Waals surface area (Å²) in [5.74, 6) is 0.773. The molecular formula is C19H21FN6O4. The number of hydrogen-bond acceptors (Lipinski definition) is 8. The number of nitrogens with zero attached hydrogens (tertiary/aromatic N) is 5. The van der Waals surface area contributed by atoms with Gasteiger partial charge in [0.1, 0.15) is 11.6 Å². The number of aliphatic hydroxyl groups excluding tert-OH is 1. The second-order valence-corrected chi connectivity index (χ2v) is 6.71. The van der Waals surface area contributed by atoms with Crippen LogP contribution in [0.4, 0.5) is 15.0 Å². The minimum Gasteiger partial charge on any atom is -0.481 e. The molecule has 0 bridgehead atoms. The number of nitrogens with one attached hydrogen (secondary N) is 1. The number of carbonyl (C=O) groups is 1. The standard InChI is InChI=1S/C19H21FN6O4/c1-29-18-13(9-12(20)10-22-18)14-3-2-6-25(14)16-4-7-26-17(24-16)15(11-23-26)30-19(28)21-5-8-27/h4,7,9-11,14,27H,2-3,5-6,8H2,1H3,(H,21,28)/t14-/m1/s1. The van der Waals surface area contributed by atoms with Crippen molar-refractivity contribution < 1.29 is 23.8 Å². The Balaban J connectivity index is 1.65. The van der Waals surface area contributed by atoms with Crippen molar-refractivity contribution in [3.05, 3.63) is 42.1 Å². The number of carbonyl (C=O) groups excluding carboxylic acids is 1. The van der Waals surface area contributed by atoms with Crippen molar-refractivity contribution >= 4 is 17.6 Å². The van der Waals surface area contributed by atoms with E-state index in [0.717, 1.165) is 25.6 Å². The first-order valence-electron chi connectivity index (χ1n) is 9.47. The molecule has 2 N–H and O–H groups in total. The molecule has 0 spiro atoms. The number of aliphatic hydroxyl groups is 1. The molecule has 0 radical (unpaired) electrons. The van der Waals surface area contributed by atoms with E-state index in [9.17, 15) is 9.18 Å². The van der Waals surface area contributed by atoms with Gasteiger partial charge >= 0.3 is 6.09 Å². The molecule has 0 aromatic carbocycles. The van der Waals surface area contributed by atoms with E-state index >= 15 is 0 Å². The van der Waals surface area contributed by atoms with Crippen molar-refractivity contribution in [1.82, 2.24) is 24.9 Å². The molecule has 1 amide bonds. The summed E-state index contributed by atoms with van der Waals surface area (Å²) in [6, 6.07) is 3.08. The molecule has 4 rings (SSSR count). The molecule has 0 unspecified atom stereocenters. The van der Waals surface area contributed by atoms with E-state index in [1.54, 1.807) is 12.3 Å². The zero-order chi connectivity index (χ0) is 21.1. The summed E-state index contributed by atoms with van der Waals surface area (Å²) in [5.41, 5.74) is 1.02. The number of ether oxygens (including phenoxy) is 2. The Hall–Kier alpha value is -3.47. The van der Waals surface area contributed by atoms with Crippen LogP contribution in [0, 0.1) is 5.82 Å². The second-order valence-electron chi connectivity index (χ2n) is 6.71. The van der Waals surface area contributed by atoms with Gasteiger partial charge in [-0.2, -0.15) is 5.10 Å². The Bertz CT molecular complexity index is 1060. The zero-order valence-corrected chi connectivity index (χ0v) is 16.3. The van der Waals surface area contributed by atoms with Gasteiger partial charge in [-0.3, -0.25) is 0 Å². The van der Waals surface area contributed by atoms with Crippen LogP contribution in [-0.4, -0.2) is 57.6 Å². The Morgan fingerprint density at radius 1 is 1.43 bits per heavy atom. The van der Waals surface area contributed by atoms with Crippen LogP contribution in [-0.2, 0) is 0 Å². The second kappa shape index (κ2) is 8.49. The lowest BCUT2D eigenvalue weighted by Gasteiger charge is -2.26. The largest absolute Gasteiger partial charge is 0.481 e. The van der Waals surface area contributed by atoms with E-state index in [2.05, 4.69) is 20.4 Å². The lowest BCUT2D eigenvalue weighted by atomic mass is 10.1. The monoisotopic (exact) mass is 416 g/mol. The van der Waals surface area contributed by atoms with Gasteiger partial charge in [-0.25, -0.2) is 23.7 Å². The Morgan fingerprint density at radius 2 is 2.30 bits per heavy atom. The predicted octanol–water partition coefficient (Wildman–Crippen LogP) is 1.69. The first kappa shape index (κ1) is 19.8. The van der Waals surface area contributed by atoms with Gasteiger partial charge in [0.2, 0.25) is 11.5 Å². The topological polar surface area (TPSA) is 114 Å². The number of hydrogen-bond donors (Lipinski definition) is 2. The van der Waals surface area contributed by atoms with Crippen molar-refractivity contribution in [3.8, 4) is 11.6 Å². The van der Waals surface area contributed by atoms with Gasteiger partial charge in [-0.05, 0) is 25.0 Å². The third-order valence-corrected chi connectivity index (χ3v) is 4.85. The summed E-state index contributed by atoms with van der Waals surface area (Å²) in [7, 11) is 1.51. The number of anilines is 1. The molecule has 30 heavy (non-hydrogen) atoms. The number of fused-ring (bicyclic) bond motifs is 1. The number of aromatic nitrogens is 4. The highest BCUT2D eigenvalue weighted by Gasteiger charge is 2.31. The molecule has 0 saturated carbocycles. The molecule has 1 aliphatic rings. The summed E-state index contributed by atoms with van der Waals surface area (Å²) in [5, 5.41) is 15.3. The minimum atomic E-state index is -0.708. The van der Waals surface area contributed by atoms with E-state index in [0.29, 0.717) is 22.9 Å². The lowest BCUT2D eigenvalue weighted by molar-refractivity contribution is 0.196. The molecule has 158 valence electrons. The fraction of sp³-hybridized carbons (Fsp3) is 0.368. The summed E-state index contributed by atoms with van der Waals surface area (Å²) >= 11 is 0. The van der Waals surface area contributed by atoms with Crippen molar-refractivity contribution in [1.29, 1.82) is 0 Å². The fourth-order valence-electron chi connectivity index (χ4n) is 3.58. The minimum absolute atomic E-state index is 0.0791. The van der Waals surface area contributed by atoms with Crippen LogP contribution in [0.2, 0.25) is 0 Å². The van der Waals surface area contributed by atoms with Gasteiger partial charge < -0.3 is 24.8 Å². The van der Waals surface area contributed by atoms with Crippen LogP contribution in [0.1, 0.15) is 24.4 Å². The Morgan fingerprint density at radius 3 is 3.10 bits per heavy atom. The molecule has 11 heteroatoms. The summed E-state index contributed by atoms with van der Waals surface area (Å²) in [4.78, 5) is 22.5. The third kappa shape index (κ3) is 3.83. The van der Waals surface area contributed by atoms with E-state index in [1.165, 1.54) is 23.9 Å². The molecule has 1 fully saturated rings. The average Bonchev–Trinajstić information content (AvgIpc) is 3.39. The van der Waals surface area contributed by atoms with Gasteiger partial charge in [-0.15, -0.1) is 0 Å². The van der Waals surface area contributed by atoms with Crippen LogP contribution < -0.4 is 19.7 Å². The molecule has 3 aromatic heterocycles. The maximum Gasteiger partial charge on any atom is 0.412 e. The molecule has 0 aliphatic carbocycles. The number of methoxy groups -OCH3 is 1. The molecule has 3 aromatic rings. The highest BCUT2D eigenvalue weighted by atomic mass is 19.1. The van der Waals surface area contributed by atoms with E-state index in [-0.39, 0.29) is 24.9 Å². The highest BCUT2D eigenvalue weighted by Crippen LogP contribution is 2.39. The molecule has 1 saturated heterocycles. The Kier molecular flexibility index (Phi) is 5.61. The number of pyridine rings is 1. The molecule has 4 heterocycles. The number of rotatable bonds is 6. The quantitative estimate of drug-likeness (QED) is 0.624.